The van der Waals surface area contributed by atoms with Crippen molar-refractivity contribution in [2.75, 3.05) is 19.7 Å². The molecule has 0 amide bonds. The maximum Gasteiger partial charge on any atom is 0.244 e. The van der Waals surface area contributed by atoms with Crippen LogP contribution >= 0.6 is 0 Å². The number of aliphatic hydroxyl groups excluding tert-OH is 1. The van der Waals surface area contributed by atoms with E-state index in [0.717, 1.165) is 12.8 Å². The quantitative estimate of drug-likeness (QED) is 0.822. The Morgan fingerprint density at radius 3 is 2.67 bits per heavy atom. The summed E-state index contributed by atoms with van der Waals surface area (Å²) in [5.74, 6) is 6.23. The summed E-state index contributed by atoms with van der Waals surface area (Å²) in [6, 6.07) is 1.53. The normalized spacial score (nSPS) is 25.4. The summed E-state index contributed by atoms with van der Waals surface area (Å²) >= 11 is 0. The predicted molar refractivity (Wildman–Crippen MR) is 77.8 cm³/mol. The van der Waals surface area contributed by atoms with Gasteiger partial charge in [0.25, 0.3) is 0 Å². The van der Waals surface area contributed by atoms with E-state index < -0.39 is 10.0 Å². The monoisotopic (exact) mass is 306 g/mol. The molecule has 1 aliphatic heterocycles. The summed E-state index contributed by atoms with van der Waals surface area (Å²) in [5, 5.41) is 8.70. The minimum absolute atomic E-state index is 0.187. The summed E-state index contributed by atoms with van der Waals surface area (Å²) in [6.07, 6.45) is 6.36. The van der Waals surface area contributed by atoms with Gasteiger partial charge in [-0.3, -0.25) is 4.98 Å². The zero-order valence-corrected chi connectivity index (χ0v) is 12.5. The van der Waals surface area contributed by atoms with Crippen LogP contribution < -0.4 is 0 Å². The highest BCUT2D eigenvalue weighted by molar-refractivity contribution is 7.89. The molecule has 0 bridgehead atoms. The summed E-state index contributed by atoms with van der Waals surface area (Å²) in [7, 11) is -3.49. The summed E-state index contributed by atoms with van der Waals surface area (Å²) in [4.78, 5) is 4.14. The molecule has 1 saturated heterocycles. The number of fused-ring (bicyclic) bond motifs is 1. The smallest absolute Gasteiger partial charge is 0.244 e. The maximum absolute atomic E-state index is 12.7. The number of rotatable bonds is 2. The van der Waals surface area contributed by atoms with Crippen molar-refractivity contribution in [3.63, 3.8) is 0 Å². The lowest BCUT2D eigenvalue weighted by Gasteiger charge is -2.17. The first kappa shape index (κ1) is 14.5. The van der Waals surface area contributed by atoms with Crippen LogP contribution in [0, 0.1) is 23.7 Å². The Balaban J connectivity index is 1.85. The van der Waals surface area contributed by atoms with E-state index in [9.17, 15) is 8.42 Å². The molecule has 21 heavy (non-hydrogen) atoms. The highest BCUT2D eigenvalue weighted by Gasteiger charge is 2.41. The number of aliphatic hydroxyl groups is 1. The van der Waals surface area contributed by atoms with E-state index in [1.54, 1.807) is 4.31 Å². The second-order valence-electron chi connectivity index (χ2n) is 5.64. The zero-order chi connectivity index (χ0) is 14.9. The fraction of sp³-hybridized carbons (Fsp3) is 0.533. The van der Waals surface area contributed by atoms with Gasteiger partial charge in [0.2, 0.25) is 10.0 Å². The van der Waals surface area contributed by atoms with Gasteiger partial charge >= 0.3 is 0 Å². The summed E-state index contributed by atoms with van der Waals surface area (Å²) in [6.45, 7) is 0.992. The Labute approximate surface area is 125 Å². The Morgan fingerprint density at radius 2 is 2.00 bits per heavy atom. The fourth-order valence-electron chi connectivity index (χ4n) is 3.31. The van der Waals surface area contributed by atoms with E-state index in [0.29, 0.717) is 30.5 Å². The largest absolute Gasteiger partial charge is 0.384 e. The molecule has 1 saturated carbocycles. The topological polar surface area (TPSA) is 70.5 Å². The average Bonchev–Trinajstić information content (AvgIpc) is 3.07. The molecule has 2 heterocycles. The highest BCUT2D eigenvalue weighted by Crippen LogP contribution is 2.39. The van der Waals surface area contributed by atoms with Crippen LogP contribution in [0.3, 0.4) is 0 Å². The second kappa shape index (κ2) is 5.76. The Bertz CT molecular complexity index is 678. The van der Waals surface area contributed by atoms with Crippen LogP contribution in [0.25, 0.3) is 0 Å². The molecule has 3 rings (SSSR count). The Hall–Kier alpha value is -1.42. The second-order valence-corrected chi connectivity index (χ2v) is 7.58. The van der Waals surface area contributed by atoms with Crippen molar-refractivity contribution in [1.82, 2.24) is 9.29 Å². The summed E-state index contributed by atoms with van der Waals surface area (Å²) < 4.78 is 26.9. The molecule has 6 heteroatoms. The first-order chi connectivity index (χ1) is 10.1. The third kappa shape index (κ3) is 2.82. The van der Waals surface area contributed by atoms with Gasteiger partial charge in [-0.25, -0.2) is 8.42 Å². The lowest BCUT2D eigenvalue weighted by molar-refractivity contribution is 0.350. The highest BCUT2D eigenvalue weighted by atomic mass is 32.2. The van der Waals surface area contributed by atoms with Gasteiger partial charge in [-0.15, -0.1) is 0 Å². The third-order valence-corrected chi connectivity index (χ3v) is 6.15. The average molecular weight is 306 g/mol. The van der Waals surface area contributed by atoms with Crippen molar-refractivity contribution in [2.24, 2.45) is 11.8 Å². The Kier molecular flexibility index (Phi) is 3.98. The lowest BCUT2D eigenvalue weighted by atomic mass is 10.0. The molecule has 0 radical (unpaired) electrons. The molecular weight excluding hydrogens is 288 g/mol. The summed E-state index contributed by atoms with van der Waals surface area (Å²) in [5.41, 5.74) is 0.504. The number of hydrogen-bond donors (Lipinski definition) is 1. The molecular formula is C15H18N2O3S. The number of nitrogens with zero attached hydrogens (tertiary/aromatic N) is 2. The molecule has 2 unspecified atom stereocenters. The molecule has 5 nitrogen and oxygen atoms in total. The number of sulfonamides is 1. The first-order valence-corrected chi connectivity index (χ1v) is 8.60. The van der Waals surface area contributed by atoms with Gasteiger partial charge in [0, 0.05) is 31.0 Å². The Morgan fingerprint density at radius 1 is 1.29 bits per heavy atom. The molecule has 0 spiro atoms. The SMILES string of the molecule is O=S(=O)(c1cncc(C#CCO)c1)N1CC2CCCC2C1. The van der Waals surface area contributed by atoms with Crippen molar-refractivity contribution in [3.05, 3.63) is 24.0 Å². The molecule has 2 aliphatic rings. The number of pyridine rings is 1. The van der Waals surface area contributed by atoms with E-state index in [-0.39, 0.29) is 11.5 Å². The van der Waals surface area contributed by atoms with E-state index >= 15 is 0 Å². The van der Waals surface area contributed by atoms with Crippen LogP contribution in [-0.2, 0) is 10.0 Å². The molecule has 1 aliphatic carbocycles. The molecule has 1 aromatic rings. The molecule has 1 N–H and O–H groups in total. The van der Waals surface area contributed by atoms with Gasteiger partial charge in [-0.1, -0.05) is 18.3 Å². The van der Waals surface area contributed by atoms with E-state index in [2.05, 4.69) is 16.8 Å². The van der Waals surface area contributed by atoms with Gasteiger partial charge in [0.05, 0.1) is 0 Å². The van der Waals surface area contributed by atoms with E-state index in [1.807, 2.05) is 0 Å². The zero-order valence-electron chi connectivity index (χ0n) is 11.7. The van der Waals surface area contributed by atoms with Gasteiger partial charge in [-0.05, 0) is 30.7 Å². The number of hydrogen-bond acceptors (Lipinski definition) is 4. The van der Waals surface area contributed by atoms with E-state index in [1.165, 1.54) is 24.9 Å². The predicted octanol–water partition coefficient (Wildman–Crippen LogP) is 0.846. The molecule has 0 aromatic carbocycles. The van der Waals surface area contributed by atoms with Crippen molar-refractivity contribution < 1.29 is 13.5 Å². The van der Waals surface area contributed by atoms with Crippen molar-refractivity contribution >= 4 is 10.0 Å². The van der Waals surface area contributed by atoms with Gasteiger partial charge < -0.3 is 5.11 Å². The van der Waals surface area contributed by atoms with Crippen molar-refractivity contribution in [3.8, 4) is 11.8 Å². The van der Waals surface area contributed by atoms with Crippen LogP contribution in [-0.4, -0.2) is 42.5 Å². The molecule has 1 aromatic heterocycles. The van der Waals surface area contributed by atoms with Crippen LogP contribution in [0.1, 0.15) is 24.8 Å². The fourth-order valence-corrected chi connectivity index (χ4v) is 4.85. The van der Waals surface area contributed by atoms with Gasteiger partial charge in [-0.2, -0.15) is 4.31 Å². The molecule has 2 atom stereocenters. The minimum atomic E-state index is -3.49. The van der Waals surface area contributed by atoms with Crippen molar-refractivity contribution in [1.29, 1.82) is 0 Å². The lowest BCUT2D eigenvalue weighted by Crippen LogP contribution is -2.29. The van der Waals surface area contributed by atoms with E-state index in [4.69, 9.17) is 5.11 Å². The van der Waals surface area contributed by atoms with Crippen LogP contribution in [0.15, 0.2) is 23.4 Å². The maximum atomic E-state index is 12.7. The van der Waals surface area contributed by atoms with Crippen molar-refractivity contribution in [2.45, 2.75) is 24.2 Å². The third-order valence-electron chi connectivity index (χ3n) is 4.36. The van der Waals surface area contributed by atoms with Gasteiger partial charge in [0.1, 0.15) is 11.5 Å². The molecule has 112 valence electrons. The van der Waals surface area contributed by atoms with Crippen LogP contribution in [0.4, 0.5) is 0 Å². The van der Waals surface area contributed by atoms with Crippen LogP contribution in [0.5, 0.6) is 0 Å². The van der Waals surface area contributed by atoms with Gasteiger partial charge in [0.15, 0.2) is 0 Å². The van der Waals surface area contributed by atoms with Crippen LogP contribution in [0.2, 0.25) is 0 Å². The molecule has 2 fully saturated rings. The number of aromatic nitrogens is 1. The standard InChI is InChI=1S/C15H18N2O3S/c18-6-2-3-12-7-15(9-16-8-12)21(19,20)17-10-13-4-1-5-14(13)11-17/h7-9,13-14,18H,1,4-6,10-11H2. The minimum Gasteiger partial charge on any atom is -0.384 e. The first-order valence-electron chi connectivity index (χ1n) is 7.16.